The Balaban J connectivity index is 1.40. The summed E-state index contributed by atoms with van der Waals surface area (Å²) in [5, 5.41) is 0. The average Bonchev–Trinajstić information content (AvgIpc) is 2.61. The topological polar surface area (TPSA) is 21.7 Å². The molecule has 0 amide bonds. The van der Waals surface area contributed by atoms with Gasteiger partial charge in [-0.3, -0.25) is 4.90 Å². The van der Waals surface area contributed by atoms with Gasteiger partial charge in [0, 0.05) is 43.7 Å². The number of ether oxygens (including phenoxy) is 2. The van der Waals surface area contributed by atoms with Crippen LogP contribution >= 0.6 is 39.5 Å². The zero-order valence-corrected chi connectivity index (χ0v) is 16.4. The summed E-state index contributed by atoms with van der Waals surface area (Å²) in [6, 6.07) is 12.8. The van der Waals surface area contributed by atoms with E-state index in [9.17, 15) is 0 Å². The van der Waals surface area contributed by atoms with Crippen molar-refractivity contribution in [2.75, 3.05) is 39.5 Å². The van der Waals surface area contributed by atoms with Gasteiger partial charge in [0.05, 0.1) is 13.2 Å². The number of halogens is 1. The molecular weight excluding hydrogens is 406 g/mol. The van der Waals surface area contributed by atoms with Crippen LogP contribution in [0, 0.1) is 0 Å². The Labute approximate surface area is 159 Å². The predicted molar refractivity (Wildman–Crippen MR) is 102 cm³/mol. The van der Waals surface area contributed by atoms with Crippen molar-refractivity contribution in [2.24, 2.45) is 0 Å². The zero-order valence-electron chi connectivity index (χ0n) is 13.2. The normalized spacial score (nSPS) is 17.2. The third-order valence-corrected chi connectivity index (χ3v) is 7.58. The molecule has 1 fully saturated rings. The van der Waals surface area contributed by atoms with Crippen LogP contribution in [0.15, 0.2) is 60.5 Å². The van der Waals surface area contributed by atoms with Gasteiger partial charge in [-0.25, -0.2) is 0 Å². The van der Waals surface area contributed by atoms with Gasteiger partial charge in [-0.1, -0.05) is 29.6 Å². The lowest BCUT2D eigenvalue weighted by atomic mass is 10.3. The van der Waals surface area contributed by atoms with Gasteiger partial charge >= 0.3 is 0 Å². The summed E-state index contributed by atoms with van der Waals surface area (Å²) in [7, 11) is 0. The third kappa shape index (κ3) is 3.78. The van der Waals surface area contributed by atoms with Crippen LogP contribution in [0.1, 0.15) is 0 Å². The molecule has 2 heterocycles. The number of fused-ring (bicyclic) bond motifs is 2. The van der Waals surface area contributed by atoms with Gasteiger partial charge in [0.1, 0.15) is 12.4 Å². The molecule has 6 heteroatoms. The summed E-state index contributed by atoms with van der Waals surface area (Å²) in [6.45, 7) is 5.36. The van der Waals surface area contributed by atoms with E-state index in [-0.39, 0.29) is 0 Å². The highest BCUT2D eigenvalue weighted by Gasteiger charge is 2.19. The maximum atomic E-state index is 5.97. The number of hydrogen-bond donors (Lipinski definition) is 0. The van der Waals surface area contributed by atoms with Gasteiger partial charge in [0.15, 0.2) is 0 Å². The Morgan fingerprint density at radius 1 is 1.04 bits per heavy atom. The summed E-state index contributed by atoms with van der Waals surface area (Å²) in [5.41, 5.74) is 0. The number of hydrogen-bond acceptors (Lipinski definition) is 5. The fourth-order valence-electron chi connectivity index (χ4n) is 2.76. The van der Waals surface area contributed by atoms with Gasteiger partial charge in [-0.15, -0.1) is 0 Å². The molecule has 0 aliphatic carbocycles. The van der Waals surface area contributed by atoms with Gasteiger partial charge in [-0.05, 0) is 46.3 Å². The molecule has 1 saturated heterocycles. The number of morpholine rings is 1. The fraction of sp³-hybridized carbons (Fsp3) is 0.333. The van der Waals surface area contributed by atoms with E-state index in [1.807, 2.05) is 23.5 Å². The minimum absolute atomic E-state index is 0.721. The second-order valence-electron chi connectivity index (χ2n) is 5.68. The number of rotatable bonds is 4. The van der Waals surface area contributed by atoms with Crippen molar-refractivity contribution < 1.29 is 9.47 Å². The predicted octanol–water partition coefficient (Wildman–Crippen LogP) is 4.78. The Morgan fingerprint density at radius 3 is 2.79 bits per heavy atom. The van der Waals surface area contributed by atoms with Crippen molar-refractivity contribution in [3.63, 3.8) is 0 Å². The van der Waals surface area contributed by atoms with Gasteiger partial charge in [0.25, 0.3) is 0 Å². The molecule has 0 atom stereocenters. The highest BCUT2D eigenvalue weighted by molar-refractivity contribution is 9.10. The summed E-state index contributed by atoms with van der Waals surface area (Å²) in [4.78, 5) is 7.55. The maximum Gasteiger partial charge on any atom is 0.120 e. The van der Waals surface area contributed by atoms with Gasteiger partial charge in [-0.2, -0.15) is 0 Å². The SMILES string of the molecule is Brc1cccc2c1Sc1ccc(OCCN3CCOCC3)cc1S2. The molecule has 24 heavy (non-hydrogen) atoms. The quantitative estimate of drug-likeness (QED) is 0.600. The van der Waals surface area contributed by atoms with Crippen LogP contribution in [0.5, 0.6) is 5.75 Å². The smallest absolute Gasteiger partial charge is 0.120 e. The molecule has 0 saturated carbocycles. The lowest BCUT2D eigenvalue weighted by Crippen LogP contribution is -2.38. The average molecular weight is 424 g/mol. The lowest BCUT2D eigenvalue weighted by molar-refractivity contribution is 0.0322. The third-order valence-electron chi connectivity index (χ3n) is 4.06. The molecule has 2 aliphatic rings. The minimum atomic E-state index is 0.721. The molecular formula is C18H18BrNO2S2. The first kappa shape index (κ1) is 16.8. The van der Waals surface area contributed by atoms with Crippen molar-refractivity contribution in [2.45, 2.75) is 19.6 Å². The van der Waals surface area contributed by atoms with E-state index in [1.165, 1.54) is 19.6 Å². The van der Waals surface area contributed by atoms with Crippen LogP contribution < -0.4 is 4.74 Å². The van der Waals surface area contributed by atoms with Crippen LogP contribution in [-0.4, -0.2) is 44.4 Å². The van der Waals surface area contributed by atoms with Gasteiger partial charge < -0.3 is 9.47 Å². The van der Waals surface area contributed by atoms with Crippen molar-refractivity contribution >= 4 is 39.5 Å². The van der Waals surface area contributed by atoms with Crippen LogP contribution in [0.4, 0.5) is 0 Å². The highest BCUT2D eigenvalue weighted by Crippen LogP contribution is 2.51. The molecule has 0 N–H and O–H groups in total. The molecule has 0 unspecified atom stereocenters. The van der Waals surface area contributed by atoms with E-state index >= 15 is 0 Å². The highest BCUT2D eigenvalue weighted by atomic mass is 79.9. The summed E-state index contributed by atoms with van der Waals surface area (Å²) >= 11 is 7.28. The van der Waals surface area contributed by atoms with Crippen LogP contribution in [0.25, 0.3) is 0 Å². The van der Waals surface area contributed by atoms with Crippen LogP contribution in [0.2, 0.25) is 0 Å². The number of benzene rings is 2. The van der Waals surface area contributed by atoms with E-state index < -0.39 is 0 Å². The van der Waals surface area contributed by atoms with E-state index in [0.717, 1.165) is 49.7 Å². The van der Waals surface area contributed by atoms with E-state index in [1.54, 1.807) is 0 Å². The van der Waals surface area contributed by atoms with Crippen molar-refractivity contribution in [1.82, 2.24) is 4.90 Å². The second kappa shape index (κ2) is 7.70. The summed E-state index contributed by atoms with van der Waals surface area (Å²) in [6.07, 6.45) is 0. The molecule has 0 bridgehead atoms. The minimum Gasteiger partial charge on any atom is -0.492 e. The first-order valence-electron chi connectivity index (χ1n) is 8.01. The van der Waals surface area contributed by atoms with Crippen molar-refractivity contribution in [1.29, 1.82) is 0 Å². The van der Waals surface area contributed by atoms with Crippen LogP contribution in [-0.2, 0) is 4.74 Å². The first-order valence-corrected chi connectivity index (χ1v) is 10.4. The summed E-state index contributed by atoms with van der Waals surface area (Å²) in [5.74, 6) is 0.952. The Morgan fingerprint density at radius 2 is 1.92 bits per heavy atom. The first-order chi connectivity index (χ1) is 11.8. The van der Waals surface area contributed by atoms with Gasteiger partial charge in [0.2, 0.25) is 0 Å². The second-order valence-corrected chi connectivity index (χ2v) is 8.67. The molecule has 2 aliphatic heterocycles. The molecule has 3 nitrogen and oxygen atoms in total. The molecule has 126 valence electrons. The largest absolute Gasteiger partial charge is 0.492 e. The Bertz CT molecular complexity index is 735. The Hall–Kier alpha value is -0.660. The number of nitrogens with zero attached hydrogens (tertiary/aromatic N) is 1. The van der Waals surface area contributed by atoms with E-state index in [0.29, 0.717) is 0 Å². The van der Waals surface area contributed by atoms with Crippen LogP contribution in [0.3, 0.4) is 0 Å². The molecule has 2 aromatic carbocycles. The lowest BCUT2D eigenvalue weighted by Gasteiger charge is -2.26. The van der Waals surface area contributed by atoms with E-state index in [2.05, 4.69) is 57.2 Å². The van der Waals surface area contributed by atoms with Crippen molar-refractivity contribution in [3.05, 3.63) is 40.9 Å². The molecule has 0 aromatic heterocycles. The standard InChI is InChI=1S/C18H18BrNO2S2/c19-14-2-1-3-16-18(14)24-15-5-4-13(12-17(15)23-16)22-11-8-20-6-9-21-10-7-20/h1-5,12H,6-11H2. The maximum absolute atomic E-state index is 5.97. The van der Waals surface area contributed by atoms with E-state index in [4.69, 9.17) is 9.47 Å². The molecule has 0 radical (unpaired) electrons. The summed E-state index contributed by atoms with van der Waals surface area (Å²) < 4.78 is 12.5. The zero-order chi connectivity index (χ0) is 16.4. The van der Waals surface area contributed by atoms with Crippen molar-refractivity contribution in [3.8, 4) is 5.75 Å². The fourth-order valence-corrected chi connectivity index (χ4v) is 5.78. The molecule has 4 rings (SSSR count). The Kier molecular flexibility index (Phi) is 5.39. The molecule has 0 spiro atoms. The molecule has 2 aromatic rings. The monoisotopic (exact) mass is 423 g/mol.